The van der Waals surface area contributed by atoms with Crippen molar-refractivity contribution in [2.24, 2.45) is 5.92 Å². The van der Waals surface area contributed by atoms with E-state index in [1.165, 1.54) is 24.3 Å². The van der Waals surface area contributed by atoms with Gasteiger partial charge in [0.05, 0.1) is 16.1 Å². The number of sulfonamides is 1. The summed E-state index contributed by atoms with van der Waals surface area (Å²) in [5.41, 5.74) is -0.0484. The number of hydrogen-bond donors (Lipinski definition) is 2. The van der Waals surface area contributed by atoms with Crippen molar-refractivity contribution < 1.29 is 26.3 Å². The highest BCUT2D eigenvalue weighted by molar-refractivity contribution is 7.89. The molecule has 1 aromatic heterocycles. The fourth-order valence-corrected chi connectivity index (χ4v) is 4.72. The van der Waals surface area contributed by atoms with E-state index in [0.29, 0.717) is 6.54 Å². The topological polar surface area (TPSA) is 85.3 Å². The van der Waals surface area contributed by atoms with Gasteiger partial charge in [-0.2, -0.15) is 18.3 Å². The lowest BCUT2D eigenvalue weighted by Gasteiger charge is -2.25. The highest BCUT2D eigenvalue weighted by atomic mass is 32.2. The zero-order chi connectivity index (χ0) is 23.5. The second-order valence-corrected chi connectivity index (χ2v) is 9.49. The molecule has 1 saturated heterocycles. The van der Waals surface area contributed by atoms with E-state index in [4.69, 9.17) is 4.74 Å². The van der Waals surface area contributed by atoms with Crippen LogP contribution in [0.2, 0.25) is 0 Å². The van der Waals surface area contributed by atoms with Crippen molar-refractivity contribution in [3.8, 4) is 11.4 Å². The second-order valence-electron chi connectivity index (χ2n) is 7.73. The molecule has 3 aromatic rings. The molecule has 4 rings (SSSR count). The molecule has 11 heteroatoms. The Labute approximate surface area is 189 Å². The third-order valence-electron chi connectivity index (χ3n) is 5.48. The van der Waals surface area contributed by atoms with Gasteiger partial charge in [-0.25, -0.2) is 17.8 Å². The fourth-order valence-electron chi connectivity index (χ4n) is 3.67. The van der Waals surface area contributed by atoms with Crippen LogP contribution in [0.4, 0.5) is 13.2 Å². The molecule has 7 nitrogen and oxygen atoms in total. The molecular formula is C22H23F3N4O3S. The first kappa shape index (κ1) is 23.3. The molecule has 1 fully saturated rings. The second kappa shape index (κ2) is 9.54. The summed E-state index contributed by atoms with van der Waals surface area (Å²) in [6, 6.07) is 12.4. The molecule has 1 aliphatic heterocycles. The van der Waals surface area contributed by atoms with Crippen LogP contribution >= 0.6 is 0 Å². The predicted molar refractivity (Wildman–Crippen MR) is 116 cm³/mol. The summed E-state index contributed by atoms with van der Waals surface area (Å²) in [6.45, 7) is 1.38. The highest BCUT2D eigenvalue weighted by Gasteiger charge is 2.31. The van der Waals surface area contributed by atoms with Gasteiger partial charge in [0.1, 0.15) is 11.9 Å². The van der Waals surface area contributed by atoms with Gasteiger partial charge in [0, 0.05) is 31.4 Å². The first-order valence-electron chi connectivity index (χ1n) is 10.4. The van der Waals surface area contributed by atoms with Gasteiger partial charge in [-0.3, -0.25) is 0 Å². The predicted octanol–water partition coefficient (Wildman–Crippen LogP) is 3.23. The van der Waals surface area contributed by atoms with Crippen LogP contribution in [0.1, 0.15) is 12.0 Å². The third-order valence-corrected chi connectivity index (χ3v) is 6.92. The number of hydrogen-bond acceptors (Lipinski definition) is 5. The lowest BCUT2D eigenvalue weighted by molar-refractivity contribution is -0.137. The molecule has 1 aliphatic rings. The van der Waals surface area contributed by atoms with Gasteiger partial charge in [-0.05, 0) is 67.6 Å². The van der Waals surface area contributed by atoms with E-state index in [1.807, 2.05) is 0 Å². The van der Waals surface area contributed by atoms with E-state index in [0.717, 1.165) is 30.8 Å². The van der Waals surface area contributed by atoms with Crippen molar-refractivity contribution in [2.45, 2.75) is 23.6 Å². The molecule has 0 amide bonds. The summed E-state index contributed by atoms with van der Waals surface area (Å²) in [6.07, 6.45) is -0.835. The standard InChI is InChI=1S/C22H23F3N4O3S/c23-22(24,25)17-2-6-19(7-3-17)32-21(16-10-12-26-14-16)15-28-33(30,31)20-8-4-18(5-9-20)29-13-1-11-27-29/h1-9,11,13,16,21,26,28H,10,12,14-15H2/t16?,21-/m1/s1. The van der Waals surface area contributed by atoms with Crippen molar-refractivity contribution >= 4 is 10.0 Å². The summed E-state index contributed by atoms with van der Waals surface area (Å²) in [5, 5.41) is 7.31. The average Bonchev–Trinajstić information content (AvgIpc) is 3.51. The SMILES string of the molecule is O=S(=O)(NC[C@@H](Oc1ccc(C(F)(F)F)cc1)C1CCNC1)c1ccc(-n2cccn2)cc1. The first-order valence-corrected chi connectivity index (χ1v) is 11.8. The Hall–Kier alpha value is -2.89. The lowest BCUT2D eigenvalue weighted by Crippen LogP contribution is -2.40. The number of aromatic nitrogens is 2. The van der Waals surface area contributed by atoms with E-state index in [-0.39, 0.29) is 23.1 Å². The molecule has 33 heavy (non-hydrogen) atoms. The van der Waals surface area contributed by atoms with Gasteiger partial charge in [-0.15, -0.1) is 0 Å². The van der Waals surface area contributed by atoms with Crippen LogP contribution in [0.25, 0.3) is 5.69 Å². The molecule has 0 saturated carbocycles. The van der Waals surface area contributed by atoms with Crippen LogP contribution < -0.4 is 14.8 Å². The summed E-state index contributed by atoms with van der Waals surface area (Å²) < 4.78 is 74.2. The van der Waals surface area contributed by atoms with E-state index >= 15 is 0 Å². The Kier molecular flexibility index (Phi) is 6.73. The highest BCUT2D eigenvalue weighted by Crippen LogP contribution is 2.31. The zero-order valence-corrected chi connectivity index (χ0v) is 18.3. The smallest absolute Gasteiger partial charge is 0.416 e. The van der Waals surface area contributed by atoms with E-state index in [9.17, 15) is 21.6 Å². The molecular weight excluding hydrogens is 457 g/mol. The minimum absolute atomic E-state index is 0.0113. The van der Waals surface area contributed by atoms with Crippen molar-refractivity contribution in [2.75, 3.05) is 19.6 Å². The Bertz CT molecular complexity index is 1140. The number of nitrogens with zero attached hydrogens (tertiary/aromatic N) is 2. The van der Waals surface area contributed by atoms with Crippen LogP contribution in [0, 0.1) is 5.92 Å². The Morgan fingerprint density at radius 3 is 2.45 bits per heavy atom. The summed E-state index contributed by atoms with van der Waals surface area (Å²) >= 11 is 0. The molecule has 0 spiro atoms. The van der Waals surface area contributed by atoms with Crippen molar-refractivity contribution in [1.82, 2.24) is 19.8 Å². The van der Waals surface area contributed by atoms with Crippen LogP contribution in [-0.4, -0.2) is 43.9 Å². The number of ether oxygens (including phenoxy) is 1. The minimum atomic E-state index is -4.43. The molecule has 1 unspecified atom stereocenters. The number of rotatable bonds is 8. The molecule has 176 valence electrons. The Morgan fingerprint density at radius 2 is 1.88 bits per heavy atom. The normalized spacial score (nSPS) is 17.7. The van der Waals surface area contributed by atoms with Gasteiger partial charge in [0.15, 0.2) is 0 Å². The number of benzene rings is 2. The van der Waals surface area contributed by atoms with Gasteiger partial charge in [0.25, 0.3) is 0 Å². The third kappa shape index (κ3) is 5.73. The van der Waals surface area contributed by atoms with Crippen molar-refractivity contribution in [3.05, 3.63) is 72.6 Å². The molecule has 0 bridgehead atoms. The van der Waals surface area contributed by atoms with E-state index < -0.39 is 27.9 Å². The lowest BCUT2D eigenvalue weighted by atomic mass is 10.0. The van der Waals surface area contributed by atoms with Crippen LogP contribution in [0.3, 0.4) is 0 Å². The molecule has 2 aromatic carbocycles. The minimum Gasteiger partial charge on any atom is -0.489 e. The van der Waals surface area contributed by atoms with Crippen LogP contribution in [0.5, 0.6) is 5.75 Å². The quantitative estimate of drug-likeness (QED) is 0.517. The number of alkyl halides is 3. The average molecular weight is 481 g/mol. The molecule has 2 N–H and O–H groups in total. The zero-order valence-electron chi connectivity index (χ0n) is 17.5. The Balaban J connectivity index is 1.45. The molecule has 0 radical (unpaired) electrons. The van der Waals surface area contributed by atoms with Gasteiger partial charge >= 0.3 is 6.18 Å². The summed E-state index contributed by atoms with van der Waals surface area (Å²) in [5.74, 6) is 0.264. The summed E-state index contributed by atoms with van der Waals surface area (Å²) in [7, 11) is -3.82. The fraction of sp³-hybridized carbons (Fsp3) is 0.318. The largest absolute Gasteiger partial charge is 0.489 e. The monoisotopic (exact) mass is 480 g/mol. The van der Waals surface area contributed by atoms with Gasteiger partial charge in [-0.1, -0.05) is 0 Å². The molecule has 0 aliphatic carbocycles. The number of nitrogens with one attached hydrogen (secondary N) is 2. The maximum absolute atomic E-state index is 12.8. The molecule has 2 heterocycles. The van der Waals surface area contributed by atoms with E-state index in [2.05, 4.69) is 15.1 Å². The van der Waals surface area contributed by atoms with Gasteiger partial charge < -0.3 is 10.1 Å². The summed E-state index contributed by atoms with van der Waals surface area (Å²) in [4.78, 5) is 0.0937. The van der Waals surface area contributed by atoms with E-state index in [1.54, 1.807) is 35.3 Å². The molecule has 2 atom stereocenters. The van der Waals surface area contributed by atoms with Gasteiger partial charge in [0.2, 0.25) is 10.0 Å². The van der Waals surface area contributed by atoms with Crippen LogP contribution in [-0.2, 0) is 16.2 Å². The number of halogens is 3. The first-order chi connectivity index (χ1) is 15.7. The Morgan fingerprint density at radius 1 is 1.15 bits per heavy atom. The van der Waals surface area contributed by atoms with Crippen molar-refractivity contribution in [1.29, 1.82) is 0 Å². The maximum Gasteiger partial charge on any atom is 0.416 e. The van der Waals surface area contributed by atoms with Crippen molar-refractivity contribution in [3.63, 3.8) is 0 Å². The van der Waals surface area contributed by atoms with Crippen LogP contribution in [0.15, 0.2) is 71.9 Å². The maximum atomic E-state index is 12.8.